The molecule has 0 bridgehead atoms. The van der Waals surface area contributed by atoms with Crippen LogP contribution in [0, 0.1) is 0 Å². The fourth-order valence-electron chi connectivity index (χ4n) is 1.87. The summed E-state index contributed by atoms with van der Waals surface area (Å²) in [5.41, 5.74) is 1.46. The second-order valence-electron chi connectivity index (χ2n) is 5.47. The van der Waals surface area contributed by atoms with E-state index in [1.807, 2.05) is 6.20 Å². The van der Waals surface area contributed by atoms with E-state index in [2.05, 4.69) is 55.4 Å². The summed E-state index contributed by atoms with van der Waals surface area (Å²) >= 11 is 0. The first-order valence-electron chi connectivity index (χ1n) is 5.94. The van der Waals surface area contributed by atoms with Crippen molar-refractivity contribution >= 4 is 5.82 Å². The van der Waals surface area contributed by atoms with Crippen LogP contribution in [-0.4, -0.2) is 11.0 Å². The van der Waals surface area contributed by atoms with Crippen LogP contribution >= 0.6 is 0 Å². The van der Waals surface area contributed by atoms with Crippen molar-refractivity contribution in [3.8, 4) is 0 Å². The average molecular weight is 216 g/mol. The number of rotatable bonds is 2. The van der Waals surface area contributed by atoms with Crippen molar-refractivity contribution < 1.29 is 0 Å². The lowest BCUT2D eigenvalue weighted by molar-refractivity contribution is 0.587. The zero-order valence-corrected chi connectivity index (χ0v) is 10.3. The highest BCUT2D eigenvalue weighted by Gasteiger charge is 2.14. The lowest BCUT2D eigenvalue weighted by Crippen LogP contribution is -2.17. The van der Waals surface area contributed by atoms with Gasteiger partial charge in [0.2, 0.25) is 0 Å². The molecule has 2 rings (SSSR count). The molecule has 2 heteroatoms. The number of hydrogen-bond donors (Lipinski definition) is 1. The van der Waals surface area contributed by atoms with Gasteiger partial charge in [0.1, 0.15) is 5.82 Å². The van der Waals surface area contributed by atoms with Gasteiger partial charge in [-0.3, -0.25) is 0 Å². The number of aromatic nitrogens is 1. The van der Waals surface area contributed by atoms with Crippen molar-refractivity contribution in [2.75, 3.05) is 5.32 Å². The Morgan fingerprint density at radius 1 is 1.19 bits per heavy atom. The molecular weight excluding hydrogens is 196 g/mol. The first-order chi connectivity index (χ1) is 7.55. The Morgan fingerprint density at radius 3 is 2.38 bits per heavy atom. The molecule has 1 aliphatic carbocycles. The normalized spacial score (nSPS) is 16.7. The van der Waals surface area contributed by atoms with Gasteiger partial charge in [0.25, 0.3) is 0 Å². The summed E-state index contributed by atoms with van der Waals surface area (Å²) in [7, 11) is 0. The van der Waals surface area contributed by atoms with Gasteiger partial charge in [-0.15, -0.1) is 0 Å². The van der Waals surface area contributed by atoms with Crippen LogP contribution in [0.5, 0.6) is 0 Å². The smallest absolute Gasteiger partial charge is 0.126 e. The van der Waals surface area contributed by atoms with Gasteiger partial charge < -0.3 is 5.32 Å². The van der Waals surface area contributed by atoms with Crippen molar-refractivity contribution in [3.63, 3.8) is 0 Å². The molecule has 2 nitrogen and oxygen atoms in total. The van der Waals surface area contributed by atoms with Gasteiger partial charge in [-0.2, -0.15) is 0 Å². The van der Waals surface area contributed by atoms with Crippen LogP contribution in [0.25, 0.3) is 0 Å². The van der Waals surface area contributed by atoms with E-state index in [9.17, 15) is 0 Å². The molecule has 0 aromatic carbocycles. The van der Waals surface area contributed by atoms with E-state index in [0.717, 1.165) is 18.7 Å². The van der Waals surface area contributed by atoms with Gasteiger partial charge in [-0.05, 0) is 29.9 Å². The van der Waals surface area contributed by atoms with E-state index in [0.29, 0.717) is 6.04 Å². The Morgan fingerprint density at radius 2 is 1.88 bits per heavy atom. The molecular formula is C14H20N2. The van der Waals surface area contributed by atoms with Crippen molar-refractivity contribution in [2.24, 2.45) is 0 Å². The number of pyridine rings is 1. The molecule has 0 atom stereocenters. The van der Waals surface area contributed by atoms with E-state index in [1.165, 1.54) is 5.56 Å². The molecule has 1 aliphatic rings. The van der Waals surface area contributed by atoms with Crippen molar-refractivity contribution in [2.45, 2.75) is 45.1 Å². The second-order valence-corrected chi connectivity index (χ2v) is 5.47. The molecule has 1 aromatic rings. The van der Waals surface area contributed by atoms with Crippen LogP contribution in [0.1, 0.15) is 39.2 Å². The molecule has 0 radical (unpaired) electrons. The largest absolute Gasteiger partial charge is 0.367 e. The summed E-state index contributed by atoms with van der Waals surface area (Å²) in [6.45, 7) is 6.62. The number of hydrogen-bond acceptors (Lipinski definition) is 2. The minimum atomic E-state index is 0.181. The summed E-state index contributed by atoms with van der Waals surface area (Å²) in [4.78, 5) is 4.47. The highest BCUT2D eigenvalue weighted by Crippen LogP contribution is 2.22. The predicted octanol–water partition coefficient (Wildman–Crippen LogP) is 3.51. The predicted molar refractivity (Wildman–Crippen MR) is 68.7 cm³/mol. The van der Waals surface area contributed by atoms with Crippen LogP contribution in [0.3, 0.4) is 0 Å². The van der Waals surface area contributed by atoms with Crippen molar-refractivity contribution in [1.29, 1.82) is 0 Å². The highest BCUT2D eigenvalue weighted by molar-refractivity contribution is 5.38. The maximum Gasteiger partial charge on any atom is 0.126 e. The van der Waals surface area contributed by atoms with Crippen molar-refractivity contribution in [3.05, 3.63) is 36.0 Å². The molecule has 1 N–H and O–H groups in total. The summed E-state index contributed by atoms with van der Waals surface area (Å²) in [6, 6.07) is 4.78. The molecule has 0 saturated heterocycles. The van der Waals surface area contributed by atoms with Gasteiger partial charge in [-0.1, -0.05) is 39.0 Å². The summed E-state index contributed by atoms with van der Waals surface area (Å²) < 4.78 is 0. The molecule has 1 heterocycles. The molecule has 0 saturated carbocycles. The second kappa shape index (κ2) is 4.28. The maximum atomic E-state index is 4.47. The molecule has 0 amide bonds. The third kappa shape index (κ3) is 2.63. The van der Waals surface area contributed by atoms with Crippen LogP contribution in [0.15, 0.2) is 30.5 Å². The molecule has 86 valence electrons. The lowest BCUT2D eigenvalue weighted by Gasteiger charge is -2.19. The maximum absolute atomic E-state index is 4.47. The molecule has 0 unspecified atom stereocenters. The number of nitrogens with zero attached hydrogens (tertiary/aromatic N) is 1. The Bertz CT molecular complexity index is 363. The summed E-state index contributed by atoms with van der Waals surface area (Å²) in [5.74, 6) is 0.988. The van der Waals surface area contributed by atoms with Crippen LogP contribution in [0.2, 0.25) is 0 Å². The highest BCUT2D eigenvalue weighted by atomic mass is 15.0. The van der Waals surface area contributed by atoms with Gasteiger partial charge in [0.05, 0.1) is 0 Å². The first kappa shape index (κ1) is 11.2. The van der Waals surface area contributed by atoms with Gasteiger partial charge in [0, 0.05) is 12.2 Å². The lowest BCUT2D eigenvalue weighted by atomic mass is 9.88. The van der Waals surface area contributed by atoms with Gasteiger partial charge >= 0.3 is 0 Å². The van der Waals surface area contributed by atoms with E-state index in [1.54, 1.807) is 0 Å². The SMILES string of the molecule is CC(C)(C)c1ccc(NC2CC=CC2)nc1. The summed E-state index contributed by atoms with van der Waals surface area (Å²) in [5, 5.41) is 3.45. The van der Waals surface area contributed by atoms with Gasteiger partial charge in [-0.25, -0.2) is 4.98 Å². The molecule has 0 fully saturated rings. The fourth-order valence-corrected chi connectivity index (χ4v) is 1.87. The van der Waals surface area contributed by atoms with Crippen molar-refractivity contribution in [1.82, 2.24) is 4.98 Å². The van der Waals surface area contributed by atoms with E-state index in [4.69, 9.17) is 0 Å². The first-order valence-corrected chi connectivity index (χ1v) is 5.94. The zero-order valence-electron chi connectivity index (χ0n) is 10.3. The van der Waals surface area contributed by atoms with E-state index >= 15 is 0 Å². The van der Waals surface area contributed by atoms with Gasteiger partial charge in [0.15, 0.2) is 0 Å². The Hall–Kier alpha value is -1.31. The monoisotopic (exact) mass is 216 g/mol. The minimum Gasteiger partial charge on any atom is -0.367 e. The molecule has 1 aromatic heterocycles. The fraction of sp³-hybridized carbons (Fsp3) is 0.500. The topological polar surface area (TPSA) is 24.9 Å². The molecule has 16 heavy (non-hydrogen) atoms. The average Bonchev–Trinajstić information content (AvgIpc) is 2.70. The zero-order chi connectivity index (χ0) is 11.6. The molecule has 0 spiro atoms. The number of nitrogens with one attached hydrogen (secondary N) is 1. The van der Waals surface area contributed by atoms with E-state index < -0.39 is 0 Å². The third-order valence-corrected chi connectivity index (χ3v) is 2.99. The summed E-state index contributed by atoms with van der Waals surface area (Å²) in [6.07, 6.45) is 8.65. The Kier molecular flexibility index (Phi) is 2.99. The standard InChI is InChI=1S/C14H20N2/c1-14(2,3)11-8-9-13(15-10-11)16-12-6-4-5-7-12/h4-5,8-10,12H,6-7H2,1-3H3,(H,15,16). The molecule has 0 aliphatic heterocycles. The minimum absolute atomic E-state index is 0.181. The van der Waals surface area contributed by atoms with E-state index in [-0.39, 0.29) is 5.41 Å². The Labute approximate surface area is 97.8 Å². The number of anilines is 1. The Balaban J connectivity index is 2.02. The quantitative estimate of drug-likeness (QED) is 0.765. The van der Waals surface area contributed by atoms with Crippen LogP contribution < -0.4 is 5.32 Å². The van der Waals surface area contributed by atoms with Crippen LogP contribution in [0.4, 0.5) is 5.82 Å². The van der Waals surface area contributed by atoms with Crippen LogP contribution in [-0.2, 0) is 5.41 Å². The third-order valence-electron chi connectivity index (χ3n) is 2.99.